The van der Waals surface area contributed by atoms with Crippen LogP contribution in [0.4, 0.5) is 0 Å². The summed E-state index contributed by atoms with van der Waals surface area (Å²) in [7, 11) is 0. The fraction of sp³-hybridized carbons (Fsp3) is 0.0667. The van der Waals surface area contributed by atoms with E-state index in [0.717, 1.165) is 9.98 Å². The Morgan fingerprint density at radius 2 is 1.94 bits per heavy atom. The van der Waals surface area contributed by atoms with E-state index in [-0.39, 0.29) is 11.7 Å². The van der Waals surface area contributed by atoms with Gasteiger partial charge in [0, 0.05) is 0 Å². The van der Waals surface area contributed by atoms with Crippen molar-refractivity contribution in [3.05, 3.63) is 72.4 Å². The minimum absolute atomic E-state index is 0.0429. The first-order valence-electron chi connectivity index (χ1n) is 5.43. The molecule has 1 aromatic carbocycles. The summed E-state index contributed by atoms with van der Waals surface area (Å²) in [4.78, 5) is 11.8. The van der Waals surface area contributed by atoms with E-state index >= 15 is 0 Å². The van der Waals surface area contributed by atoms with Crippen LogP contribution >= 0.6 is 0 Å². The van der Waals surface area contributed by atoms with E-state index in [1.165, 1.54) is 0 Å². The van der Waals surface area contributed by atoms with Crippen molar-refractivity contribution in [3.63, 3.8) is 0 Å². The SMILES string of the molecule is O=C(/C=C/C1C=CC=CC1=[Se])c1ccccc1. The van der Waals surface area contributed by atoms with Crippen molar-refractivity contribution >= 4 is 25.8 Å². The fourth-order valence-electron chi connectivity index (χ4n) is 1.59. The fourth-order valence-corrected chi connectivity index (χ4v) is 2.08. The second-order valence-electron chi connectivity index (χ2n) is 3.76. The van der Waals surface area contributed by atoms with E-state index in [2.05, 4.69) is 21.7 Å². The Balaban J connectivity index is 2.07. The monoisotopic (exact) mass is 288 g/mol. The molecule has 0 amide bonds. The second kappa shape index (κ2) is 5.72. The van der Waals surface area contributed by atoms with Crippen LogP contribution in [0.2, 0.25) is 0 Å². The van der Waals surface area contributed by atoms with Gasteiger partial charge in [0.1, 0.15) is 0 Å². The van der Waals surface area contributed by atoms with Crippen LogP contribution in [0.5, 0.6) is 0 Å². The van der Waals surface area contributed by atoms with Gasteiger partial charge in [-0.05, 0) is 0 Å². The summed E-state index contributed by atoms with van der Waals surface area (Å²) >= 11 is 3.01. The van der Waals surface area contributed by atoms with Gasteiger partial charge in [-0.1, -0.05) is 0 Å². The summed E-state index contributed by atoms with van der Waals surface area (Å²) in [5.74, 6) is 0.231. The average Bonchev–Trinajstić information content (AvgIpc) is 2.38. The molecule has 1 aliphatic carbocycles. The third kappa shape index (κ3) is 3.23. The predicted molar refractivity (Wildman–Crippen MR) is 72.4 cm³/mol. The van der Waals surface area contributed by atoms with Gasteiger partial charge in [-0.3, -0.25) is 0 Å². The number of allylic oxidation sites excluding steroid dienone is 6. The summed E-state index contributed by atoms with van der Waals surface area (Å²) < 4.78 is 1.13. The molecule has 0 spiro atoms. The molecule has 1 aromatic rings. The maximum atomic E-state index is 11.8. The number of hydrogen-bond acceptors (Lipinski definition) is 1. The Morgan fingerprint density at radius 3 is 2.65 bits per heavy atom. The van der Waals surface area contributed by atoms with Crippen molar-refractivity contribution in [1.82, 2.24) is 0 Å². The summed E-state index contributed by atoms with van der Waals surface area (Å²) in [6.45, 7) is 0. The quantitative estimate of drug-likeness (QED) is 0.474. The molecule has 0 aliphatic heterocycles. The Bertz CT molecular complexity index is 509. The van der Waals surface area contributed by atoms with Crippen LogP contribution in [0.15, 0.2) is 66.8 Å². The van der Waals surface area contributed by atoms with Gasteiger partial charge >= 0.3 is 109 Å². The summed E-state index contributed by atoms with van der Waals surface area (Å²) in [6.07, 6.45) is 11.6. The van der Waals surface area contributed by atoms with Crippen LogP contribution in [0, 0.1) is 5.92 Å². The molecule has 0 N–H and O–H groups in total. The third-order valence-corrected chi connectivity index (χ3v) is 3.39. The van der Waals surface area contributed by atoms with Gasteiger partial charge in [0.15, 0.2) is 0 Å². The molecule has 84 valence electrons. The second-order valence-corrected chi connectivity index (χ2v) is 4.75. The zero-order valence-electron chi connectivity index (χ0n) is 9.24. The van der Waals surface area contributed by atoms with Crippen LogP contribution in [0.3, 0.4) is 0 Å². The minimum atomic E-state index is 0.0429. The van der Waals surface area contributed by atoms with Crippen LogP contribution in [0.25, 0.3) is 0 Å². The van der Waals surface area contributed by atoms with Crippen molar-refractivity contribution in [2.75, 3.05) is 0 Å². The average molecular weight is 287 g/mol. The van der Waals surface area contributed by atoms with E-state index in [1.54, 1.807) is 6.08 Å². The predicted octanol–water partition coefficient (Wildman–Crippen LogP) is 2.51. The van der Waals surface area contributed by atoms with Crippen molar-refractivity contribution in [2.24, 2.45) is 5.92 Å². The van der Waals surface area contributed by atoms with E-state index < -0.39 is 0 Å². The first kappa shape index (κ1) is 12.0. The topological polar surface area (TPSA) is 17.1 Å². The van der Waals surface area contributed by atoms with E-state index in [1.807, 2.05) is 54.6 Å². The molecule has 0 heterocycles. The van der Waals surface area contributed by atoms with Crippen molar-refractivity contribution in [3.8, 4) is 0 Å². The molecule has 0 saturated heterocycles. The summed E-state index contributed by atoms with van der Waals surface area (Å²) in [5, 5.41) is 0. The third-order valence-electron chi connectivity index (χ3n) is 2.53. The molecule has 0 bridgehead atoms. The van der Waals surface area contributed by atoms with Crippen molar-refractivity contribution in [1.29, 1.82) is 0 Å². The van der Waals surface area contributed by atoms with Gasteiger partial charge < -0.3 is 0 Å². The molecule has 1 atom stereocenters. The molecule has 1 aliphatic rings. The Kier molecular flexibility index (Phi) is 4.02. The van der Waals surface area contributed by atoms with Crippen LogP contribution < -0.4 is 0 Å². The van der Waals surface area contributed by atoms with E-state index in [4.69, 9.17) is 0 Å². The molecule has 2 rings (SSSR count). The van der Waals surface area contributed by atoms with Crippen LogP contribution in [-0.2, 0) is 0 Å². The number of hydrogen-bond donors (Lipinski definition) is 0. The number of carbonyl (C=O) groups is 1. The summed E-state index contributed by atoms with van der Waals surface area (Å²) in [6, 6.07) is 9.30. The molecule has 0 saturated carbocycles. The maximum absolute atomic E-state index is 11.8. The van der Waals surface area contributed by atoms with Gasteiger partial charge in [-0.2, -0.15) is 0 Å². The van der Waals surface area contributed by atoms with E-state index in [9.17, 15) is 4.79 Å². The molecule has 2 heteroatoms. The first-order chi connectivity index (χ1) is 8.27. The number of benzene rings is 1. The molecule has 0 fully saturated rings. The molecular formula is C15H12OSe. The zero-order chi connectivity index (χ0) is 12.1. The number of rotatable bonds is 3. The molecule has 17 heavy (non-hydrogen) atoms. The molecular weight excluding hydrogens is 275 g/mol. The van der Waals surface area contributed by atoms with E-state index in [0.29, 0.717) is 0 Å². The van der Waals surface area contributed by atoms with Crippen LogP contribution in [-0.4, -0.2) is 25.8 Å². The first-order valence-corrected chi connectivity index (χ1v) is 6.29. The standard InChI is InChI=1S/C15H12OSe/c16-14(12-6-2-1-3-7-12)11-10-13-8-4-5-9-15(13)17/h1-11,13H/b11-10+. The summed E-state index contributed by atoms with van der Waals surface area (Å²) in [5.41, 5.74) is 0.723. The van der Waals surface area contributed by atoms with Gasteiger partial charge in [-0.15, -0.1) is 0 Å². The number of carbonyl (C=O) groups excluding carboxylic acids is 1. The van der Waals surface area contributed by atoms with Gasteiger partial charge in [0.2, 0.25) is 0 Å². The van der Waals surface area contributed by atoms with Crippen molar-refractivity contribution < 1.29 is 4.79 Å². The molecule has 1 nitrogen and oxygen atoms in total. The normalized spacial score (nSPS) is 18.8. The molecule has 0 radical (unpaired) electrons. The van der Waals surface area contributed by atoms with Crippen LogP contribution in [0.1, 0.15) is 10.4 Å². The Labute approximate surface area is 109 Å². The van der Waals surface area contributed by atoms with Gasteiger partial charge in [0.05, 0.1) is 0 Å². The van der Waals surface area contributed by atoms with Crippen molar-refractivity contribution in [2.45, 2.75) is 0 Å². The van der Waals surface area contributed by atoms with Gasteiger partial charge in [-0.25, -0.2) is 0 Å². The molecule has 0 aromatic heterocycles. The number of ketones is 1. The van der Waals surface area contributed by atoms with Gasteiger partial charge in [0.25, 0.3) is 0 Å². The Morgan fingerprint density at radius 1 is 1.18 bits per heavy atom. The molecule has 1 unspecified atom stereocenters. The zero-order valence-corrected chi connectivity index (χ0v) is 11.0. The Hall–Kier alpha value is -1.50.